The van der Waals surface area contributed by atoms with Crippen LogP contribution in [0.3, 0.4) is 0 Å². The Kier molecular flexibility index (Phi) is 5.03. The van der Waals surface area contributed by atoms with Crippen molar-refractivity contribution >= 4 is 51.4 Å². The average molecular weight is 416 g/mol. The van der Waals surface area contributed by atoms with Gasteiger partial charge in [-0.3, -0.25) is 4.79 Å². The largest absolute Gasteiger partial charge is 0.462 e. The molecule has 26 heavy (non-hydrogen) atoms. The summed E-state index contributed by atoms with van der Waals surface area (Å²) in [6, 6.07) is 5.74. The second-order valence-corrected chi connectivity index (χ2v) is 8.61. The van der Waals surface area contributed by atoms with Gasteiger partial charge in [0.2, 0.25) is 5.91 Å². The van der Waals surface area contributed by atoms with Crippen LogP contribution in [0.15, 0.2) is 29.6 Å². The summed E-state index contributed by atoms with van der Waals surface area (Å²) in [5.74, 6) is -1.30. The van der Waals surface area contributed by atoms with E-state index in [9.17, 15) is 14.0 Å². The molecule has 0 unspecified atom stereocenters. The van der Waals surface area contributed by atoms with Gasteiger partial charge < -0.3 is 10.1 Å². The van der Waals surface area contributed by atoms with Crippen molar-refractivity contribution in [2.45, 2.75) is 24.6 Å². The number of carbonyl (C=O) groups is 2. The number of ether oxygens (including phenoxy) is 1. The second kappa shape index (κ2) is 6.83. The van der Waals surface area contributed by atoms with Crippen molar-refractivity contribution < 1.29 is 18.7 Å². The number of amides is 1. The van der Waals surface area contributed by atoms with Gasteiger partial charge in [-0.05, 0) is 38.0 Å². The van der Waals surface area contributed by atoms with Gasteiger partial charge in [-0.1, -0.05) is 12.1 Å². The van der Waals surface area contributed by atoms with Gasteiger partial charge in [-0.15, -0.1) is 34.5 Å². The number of nitrogens with one attached hydrogen (secondary N) is 1. The molecule has 0 aliphatic heterocycles. The first-order valence-electron chi connectivity index (χ1n) is 7.93. The van der Waals surface area contributed by atoms with Gasteiger partial charge in [0, 0.05) is 10.9 Å². The van der Waals surface area contributed by atoms with Gasteiger partial charge in [-0.2, -0.15) is 0 Å². The van der Waals surface area contributed by atoms with E-state index in [0.29, 0.717) is 22.5 Å². The lowest BCUT2D eigenvalue weighted by atomic mass is 10.0. The molecule has 0 saturated heterocycles. The summed E-state index contributed by atoms with van der Waals surface area (Å²) in [5, 5.41) is 4.82. The number of rotatable bonds is 5. The van der Waals surface area contributed by atoms with Crippen LogP contribution in [-0.4, -0.2) is 22.8 Å². The molecule has 0 bridgehead atoms. The zero-order valence-corrected chi connectivity index (χ0v) is 16.4. The fourth-order valence-corrected chi connectivity index (χ4v) is 4.24. The molecule has 4 nitrogen and oxygen atoms in total. The molecule has 1 aliphatic rings. The molecule has 1 aromatic heterocycles. The van der Waals surface area contributed by atoms with E-state index in [1.807, 2.05) is 0 Å². The van der Waals surface area contributed by atoms with Crippen LogP contribution in [-0.2, 0) is 9.53 Å². The molecule has 1 amide bonds. The van der Waals surface area contributed by atoms with Crippen LogP contribution in [0.25, 0.3) is 11.1 Å². The number of hydrogen-bond acceptors (Lipinski definition) is 4. The van der Waals surface area contributed by atoms with E-state index in [-0.39, 0.29) is 23.9 Å². The Morgan fingerprint density at radius 3 is 2.46 bits per heavy atom. The molecule has 1 atom stereocenters. The van der Waals surface area contributed by atoms with E-state index in [4.69, 9.17) is 27.9 Å². The molecule has 8 heteroatoms. The van der Waals surface area contributed by atoms with Crippen LogP contribution >= 0.6 is 34.5 Å². The topological polar surface area (TPSA) is 55.4 Å². The summed E-state index contributed by atoms with van der Waals surface area (Å²) in [6.07, 6.45) is 0.333. The van der Waals surface area contributed by atoms with Crippen molar-refractivity contribution in [2.24, 2.45) is 5.41 Å². The molecule has 0 radical (unpaired) electrons. The zero-order chi connectivity index (χ0) is 19.1. The van der Waals surface area contributed by atoms with Crippen LogP contribution in [0, 0.1) is 11.2 Å². The first kappa shape index (κ1) is 19.1. The van der Waals surface area contributed by atoms with Gasteiger partial charge in [-0.25, -0.2) is 9.18 Å². The molecule has 3 rings (SSSR count). The Balaban J connectivity index is 1.96. The summed E-state index contributed by atoms with van der Waals surface area (Å²) in [4.78, 5) is 25.0. The average Bonchev–Trinajstić information content (AvgIpc) is 2.92. The van der Waals surface area contributed by atoms with Crippen molar-refractivity contribution in [3.05, 3.63) is 41.0 Å². The minimum atomic E-state index is -1.11. The highest BCUT2D eigenvalue weighted by Crippen LogP contribution is 2.64. The summed E-state index contributed by atoms with van der Waals surface area (Å²) in [6.45, 7) is 3.55. The van der Waals surface area contributed by atoms with Crippen molar-refractivity contribution in [1.82, 2.24) is 0 Å². The van der Waals surface area contributed by atoms with Crippen LogP contribution in [0.5, 0.6) is 0 Å². The SMILES string of the molecule is CCOC(=O)c1c(-c2ccc(F)cc2)csc1NC(=O)[C@@]1(C)CC1(Cl)Cl. The fourth-order valence-electron chi connectivity index (χ4n) is 2.59. The fraction of sp³-hybridized carbons (Fsp3) is 0.333. The predicted molar refractivity (Wildman–Crippen MR) is 101 cm³/mol. The van der Waals surface area contributed by atoms with Crippen molar-refractivity contribution in [1.29, 1.82) is 0 Å². The van der Waals surface area contributed by atoms with Gasteiger partial charge in [0.15, 0.2) is 0 Å². The van der Waals surface area contributed by atoms with Crippen molar-refractivity contribution in [3.63, 3.8) is 0 Å². The molecule has 1 aromatic carbocycles. The standard InChI is InChI=1S/C18H16Cl2FNO3S/c1-3-25-15(23)13-12(10-4-6-11(21)7-5-10)8-26-14(13)22-16(24)17(2)9-18(17,19)20/h4-8H,3,9H2,1-2H3,(H,22,24)/t17-/m1/s1. The third kappa shape index (κ3) is 3.33. The maximum Gasteiger partial charge on any atom is 0.341 e. The lowest BCUT2D eigenvalue weighted by Gasteiger charge is -2.13. The van der Waals surface area contributed by atoms with E-state index in [1.54, 1.807) is 31.4 Å². The number of anilines is 1. The first-order chi connectivity index (χ1) is 12.2. The number of halogens is 3. The van der Waals surface area contributed by atoms with Crippen molar-refractivity contribution in [2.75, 3.05) is 11.9 Å². The number of carbonyl (C=O) groups excluding carboxylic acids is 2. The number of alkyl halides is 2. The molecular weight excluding hydrogens is 400 g/mol. The molecule has 2 aromatic rings. The Morgan fingerprint density at radius 1 is 1.31 bits per heavy atom. The van der Waals surface area contributed by atoms with E-state index in [0.717, 1.165) is 0 Å². The molecule has 0 spiro atoms. The number of esters is 1. The van der Waals surface area contributed by atoms with Crippen LogP contribution < -0.4 is 5.32 Å². The van der Waals surface area contributed by atoms with Gasteiger partial charge in [0.25, 0.3) is 0 Å². The third-order valence-electron chi connectivity index (χ3n) is 4.41. The Hall–Kier alpha value is -1.63. The lowest BCUT2D eigenvalue weighted by molar-refractivity contribution is -0.120. The quantitative estimate of drug-likeness (QED) is 0.535. The molecule has 1 aliphatic carbocycles. The smallest absolute Gasteiger partial charge is 0.341 e. The summed E-state index contributed by atoms with van der Waals surface area (Å²) >= 11 is 13.3. The maximum absolute atomic E-state index is 13.2. The van der Waals surface area contributed by atoms with Gasteiger partial charge >= 0.3 is 5.97 Å². The highest BCUT2D eigenvalue weighted by Gasteiger charge is 2.68. The molecule has 1 N–H and O–H groups in total. The highest BCUT2D eigenvalue weighted by molar-refractivity contribution is 7.15. The minimum Gasteiger partial charge on any atom is -0.462 e. The highest BCUT2D eigenvalue weighted by atomic mass is 35.5. The van der Waals surface area contributed by atoms with E-state index in [2.05, 4.69) is 5.32 Å². The lowest BCUT2D eigenvalue weighted by Crippen LogP contribution is -2.26. The monoisotopic (exact) mass is 415 g/mol. The summed E-state index contributed by atoms with van der Waals surface area (Å²) < 4.78 is 17.2. The van der Waals surface area contributed by atoms with Crippen LogP contribution in [0.2, 0.25) is 0 Å². The minimum absolute atomic E-state index is 0.190. The summed E-state index contributed by atoms with van der Waals surface area (Å²) in [5.41, 5.74) is 0.526. The van der Waals surface area contributed by atoms with E-state index >= 15 is 0 Å². The zero-order valence-electron chi connectivity index (χ0n) is 14.1. The van der Waals surface area contributed by atoms with Crippen LogP contribution in [0.4, 0.5) is 9.39 Å². The Labute approximate surface area is 164 Å². The number of hydrogen-bond donors (Lipinski definition) is 1. The molecule has 1 saturated carbocycles. The molecule has 138 valence electrons. The Morgan fingerprint density at radius 2 is 1.92 bits per heavy atom. The third-order valence-corrected chi connectivity index (χ3v) is 6.41. The second-order valence-electron chi connectivity index (χ2n) is 6.25. The van der Waals surface area contributed by atoms with E-state index in [1.165, 1.54) is 23.5 Å². The summed E-state index contributed by atoms with van der Waals surface area (Å²) in [7, 11) is 0. The molecular formula is C18H16Cl2FNO3S. The number of benzene rings is 1. The predicted octanol–water partition coefficient (Wildman–Crippen LogP) is 5.25. The van der Waals surface area contributed by atoms with Crippen LogP contribution in [0.1, 0.15) is 30.6 Å². The van der Waals surface area contributed by atoms with E-state index < -0.39 is 15.7 Å². The van der Waals surface area contributed by atoms with Gasteiger partial charge in [0.1, 0.15) is 20.7 Å². The Bertz CT molecular complexity index is 866. The van der Waals surface area contributed by atoms with Crippen molar-refractivity contribution in [3.8, 4) is 11.1 Å². The first-order valence-corrected chi connectivity index (χ1v) is 9.57. The number of thiophene rings is 1. The normalized spacial score (nSPS) is 20.5. The maximum atomic E-state index is 13.2. The van der Waals surface area contributed by atoms with Gasteiger partial charge in [0.05, 0.1) is 12.0 Å². The molecule has 1 heterocycles. The molecule has 1 fully saturated rings.